The van der Waals surface area contributed by atoms with Gasteiger partial charge in [0.2, 0.25) is 0 Å². The maximum Gasteiger partial charge on any atom is 0.423 e. The molecule has 1 saturated heterocycles. The summed E-state index contributed by atoms with van der Waals surface area (Å²) in [5.74, 6) is 0. The van der Waals surface area contributed by atoms with E-state index in [1.54, 1.807) is 4.98 Å². The normalized spacial score (nSPS) is 22.9. The first-order valence-corrected chi connectivity index (χ1v) is 8.13. The van der Waals surface area contributed by atoms with Gasteiger partial charge in [-0.25, -0.2) is 4.79 Å². The maximum absolute atomic E-state index is 12.9. The molecule has 2 N–H and O–H groups in total. The molecule has 1 aliphatic rings. The average molecular weight is 386 g/mol. The van der Waals surface area contributed by atoms with Crippen molar-refractivity contribution in [2.24, 2.45) is 0 Å². The van der Waals surface area contributed by atoms with Gasteiger partial charge in [0, 0.05) is 12.6 Å². The number of rotatable bonds is 5. The molecule has 0 saturated carbocycles. The number of nitrogens with zero attached hydrogens (tertiary/aromatic N) is 1. The summed E-state index contributed by atoms with van der Waals surface area (Å²) in [6.07, 6.45) is -7.60. The number of hydrogen-bond donors (Lipinski definition) is 2. The predicted molar refractivity (Wildman–Crippen MR) is 87.0 cm³/mol. The molecule has 0 aliphatic carbocycles. The van der Waals surface area contributed by atoms with Gasteiger partial charge in [0.1, 0.15) is 17.9 Å². The topological polar surface area (TPSA) is 93.6 Å². The van der Waals surface area contributed by atoms with Crippen LogP contribution < -0.4 is 11.2 Å². The van der Waals surface area contributed by atoms with Crippen molar-refractivity contribution in [3.63, 3.8) is 0 Å². The Labute approximate surface area is 151 Å². The summed E-state index contributed by atoms with van der Waals surface area (Å²) in [6, 6.07) is 9.25. The van der Waals surface area contributed by atoms with Crippen molar-refractivity contribution in [1.29, 1.82) is 0 Å². The van der Waals surface area contributed by atoms with Crippen LogP contribution in [0.15, 0.2) is 46.1 Å². The Bertz CT molecular complexity index is 894. The first-order valence-electron chi connectivity index (χ1n) is 8.13. The van der Waals surface area contributed by atoms with Crippen LogP contribution >= 0.6 is 0 Å². The number of halogens is 3. The number of alkyl halides is 3. The molecular weight excluding hydrogens is 369 g/mol. The lowest BCUT2D eigenvalue weighted by atomic mass is 10.2. The number of aromatic nitrogens is 2. The molecule has 146 valence electrons. The van der Waals surface area contributed by atoms with Crippen molar-refractivity contribution < 1.29 is 27.8 Å². The van der Waals surface area contributed by atoms with Crippen molar-refractivity contribution in [3.8, 4) is 0 Å². The fourth-order valence-corrected chi connectivity index (χ4v) is 2.80. The van der Waals surface area contributed by atoms with Crippen molar-refractivity contribution >= 4 is 0 Å². The van der Waals surface area contributed by atoms with E-state index < -0.39 is 41.4 Å². The number of benzene rings is 1. The van der Waals surface area contributed by atoms with Gasteiger partial charge in [0.15, 0.2) is 0 Å². The molecule has 2 aromatic rings. The molecule has 1 unspecified atom stereocenters. The first-order chi connectivity index (χ1) is 12.8. The Kier molecular flexibility index (Phi) is 5.49. The molecule has 7 nitrogen and oxygen atoms in total. The lowest BCUT2D eigenvalue weighted by Gasteiger charge is -2.17. The SMILES string of the molecule is O=c1[nH]c(=O)n([C@@H]2CC(O)[C@H](COCc3ccccc3)O2)cc1C(F)(F)F. The van der Waals surface area contributed by atoms with Gasteiger partial charge in [-0.3, -0.25) is 14.3 Å². The zero-order chi connectivity index (χ0) is 19.6. The van der Waals surface area contributed by atoms with Crippen LogP contribution in [-0.2, 0) is 22.3 Å². The highest BCUT2D eigenvalue weighted by Crippen LogP contribution is 2.30. The van der Waals surface area contributed by atoms with Crippen molar-refractivity contribution in [2.45, 2.75) is 37.6 Å². The Hall–Kier alpha value is -2.43. The monoisotopic (exact) mass is 386 g/mol. The summed E-state index contributed by atoms with van der Waals surface area (Å²) in [5.41, 5.74) is -3.17. The largest absolute Gasteiger partial charge is 0.423 e. The third kappa shape index (κ3) is 4.46. The smallest absolute Gasteiger partial charge is 0.390 e. The van der Waals surface area contributed by atoms with E-state index in [4.69, 9.17) is 9.47 Å². The number of aromatic amines is 1. The van der Waals surface area contributed by atoms with E-state index in [2.05, 4.69) is 0 Å². The molecule has 27 heavy (non-hydrogen) atoms. The second-order valence-corrected chi connectivity index (χ2v) is 6.14. The Balaban J connectivity index is 1.69. The van der Waals surface area contributed by atoms with Gasteiger partial charge in [-0.05, 0) is 5.56 Å². The maximum atomic E-state index is 12.9. The van der Waals surface area contributed by atoms with E-state index in [9.17, 15) is 27.9 Å². The summed E-state index contributed by atoms with van der Waals surface area (Å²) >= 11 is 0. The minimum Gasteiger partial charge on any atom is -0.390 e. The standard InChI is InChI=1S/C17H17F3N2O5/c18-17(19,20)11-7-22(16(25)21-15(11)24)14-6-12(23)13(27-14)9-26-8-10-4-2-1-3-5-10/h1-5,7,12-14,23H,6,8-9H2,(H,21,24,25)/t12?,13-,14-/m0/s1. The van der Waals surface area contributed by atoms with E-state index in [0.29, 0.717) is 10.8 Å². The zero-order valence-corrected chi connectivity index (χ0v) is 14.0. The van der Waals surface area contributed by atoms with Gasteiger partial charge in [-0.15, -0.1) is 0 Å². The molecule has 10 heteroatoms. The molecule has 0 radical (unpaired) electrons. The van der Waals surface area contributed by atoms with Gasteiger partial charge < -0.3 is 14.6 Å². The number of hydrogen-bond acceptors (Lipinski definition) is 5. The van der Waals surface area contributed by atoms with Crippen LogP contribution in [0.3, 0.4) is 0 Å². The first kappa shape index (κ1) is 19.3. The third-order valence-corrected chi connectivity index (χ3v) is 4.18. The van der Waals surface area contributed by atoms with Crippen molar-refractivity contribution in [1.82, 2.24) is 9.55 Å². The van der Waals surface area contributed by atoms with Crippen LogP contribution in [0.25, 0.3) is 0 Å². The summed E-state index contributed by atoms with van der Waals surface area (Å²) in [6.45, 7) is 0.270. The summed E-state index contributed by atoms with van der Waals surface area (Å²) in [5, 5.41) is 10.1. The number of nitrogens with one attached hydrogen (secondary N) is 1. The third-order valence-electron chi connectivity index (χ3n) is 4.18. The van der Waals surface area contributed by atoms with E-state index in [-0.39, 0.29) is 19.6 Å². The lowest BCUT2D eigenvalue weighted by Crippen LogP contribution is -2.36. The quantitative estimate of drug-likeness (QED) is 0.811. The molecular formula is C17H17F3N2O5. The minimum absolute atomic E-state index is 0.00318. The highest BCUT2D eigenvalue weighted by molar-refractivity contribution is 5.13. The van der Waals surface area contributed by atoms with Gasteiger partial charge in [0.25, 0.3) is 5.56 Å². The lowest BCUT2D eigenvalue weighted by molar-refractivity contribution is -0.139. The average Bonchev–Trinajstić information content (AvgIpc) is 2.95. The van der Waals surface area contributed by atoms with Gasteiger partial charge in [-0.1, -0.05) is 30.3 Å². The van der Waals surface area contributed by atoms with Crippen LogP contribution in [-0.4, -0.2) is 33.5 Å². The second kappa shape index (κ2) is 7.67. The number of ether oxygens (including phenoxy) is 2. The van der Waals surface area contributed by atoms with Gasteiger partial charge in [0.05, 0.1) is 19.3 Å². The minimum atomic E-state index is -4.92. The van der Waals surface area contributed by atoms with Crippen molar-refractivity contribution in [2.75, 3.05) is 6.61 Å². The molecule has 1 aliphatic heterocycles. The van der Waals surface area contributed by atoms with Crippen LogP contribution in [0.2, 0.25) is 0 Å². The Morgan fingerprint density at radius 2 is 1.96 bits per heavy atom. The zero-order valence-electron chi connectivity index (χ0n) is 14.0. The van der Waals surface area contributed by atoms with E-state index in [0.717, 1.165) is 5.56 Å². The molecule has 1 fully saturated rings. The van der Waals surface area contributed by atoms with E-state index >= 15 is 0 Å². The molecule has 0 spiro atoms. The van der Waals surface area contributed by atoms with E-state index in [1.165, 1.54) is 0 Å². The molecule has 1 aromatic heterocycles. The number of H-pyrrole nitrogens is 1. The van der Waals surface area contributed by atoms with E-state index in [1.807, 2.05) is 30.3 Å². The summed E-state index contributed by atoms with van der Waals surface area (Å²) < 4.78 is 50.2. The van der Waals surface area contributed by atoms with Crippen molar-refractivity contribution in [3.05, 3.63) is 68.5 Å². The Morgan fingerprint density at radius 1 is 1.26 bits per heavy atom. The Morgan fingerprint density at radius 3 is 2.63 bits per heavy atom. The van der Waals surface area contributed by atoms with Crippen LogP contribution in [0.5, 0.6) is 0 Å². The number of aliphatic hydroxyl groups is 1. The van der Waals surface area contributed by atoms with Gasteiger partial charge >= 0.3 is 11.9 Å². The molecule has 0 bridgehead atoms. The highest BCUT2D eigenvalue weighted by Gasteiger charge is 2.39. The summed E-state index contributed by atoms with van der Waals surface area (Å²) in [7, 11) is 0. The number of aliphatic hydroxyl groups excluding tert-OH is 1. The van der Waals surface area contributed by atoms with Gasteiger partial charge in [-0.2, -0.15) is 13.2 Å². The molecule has 3 rings (SSSR count). The second-order valence-electron chi connectivity index (χ2n) is 6.14. The summed E-state index contributed by atoms with van der Waals surface area (Å²) in [4.78, 5) is 24.8. The fraction of sp³-hybridized carbons (Fsp3) is 0.412. The highest BCUT2D eigenvalue weighted by atomic mass is 19.4. The molecule has 2 heterocycles. The fourth-order valence-electron chi connectivity index (χ4n) is 2.80. The van der Waals surface area contributed by atoms with Crippen LogP contribution in [0.1, 0.15) is 23.8 Å². The molecule has 0 amide bonds. The van der Waals surface area contributed by atoms with Crippen LogP contribution in [0, 0.1) is 0 Å². The predicted octanol–water partition coefficient (Wildman–Crippen LogP) is 1.42. The van der Waals surface area contributed by atoms with Crippen LogP contribution in [0.4, 0.5) is 13.2 Å². The molecule has 1 aromatic carbocycles. The molecule has 3 atom stereocenters.